The third kappa shape index (κ3) is 2.77. The maximum atomic E-state index is 5.09. The van der Waals surface area contributed by atoms with Gasteiger partial charge in [0.2, 0.25) is 0 Å². The van der Waals surface area contributed by atoms with Gasteiger partial charge in [-0.05, 0) is 19.8 Å². The molecule has 4 rings (SSSR count). The van der Waals surface area contributed by atoms with E-state index in [0.29, 0.717) is 12.5 Å². The second kappa shape index (κ2) is 5.62. The van der Waals surface area contributed by atoms with Crippen LogP contribution in [0, 0.1) is 6.92 Å². The van der Waals surface area contributed by atoms with Crippen molar-refractivity contribution in [2.45, 2.75) is 32.2 Å². The lowest BCUT2D eigenvalue weighted by Crippen LogP contribution is -2.04. The summed E-state index contributed by atoms with van der Waals surface area (Å²) in [4.78, 5) is 9.27. The molecule has 23 heavy (non-hydrogen) atoms. The molecule has 0 amide bonds. The summed E-state index contributed by atoms with van der Waals surface area (Å²) in [5, 5.41) is 14.9. The smallest absolute Gasteiger partial charge is 0.160 e. The van der Waals surface area contributed by atoms with Gasteiger partial charge in [-0.3, -0.25) is 9.78 Å². The SMILES string of the molecule is COCCn1cc(Nc2nc(C3CC3)nc3cn[nH]c23)c(C)n1. The van der Waals surface area contributed by atoms with Crippen molar-refractivity contribution in [1.29, 1.82) is 0 Å². The number of aromatic amines is 1. The lowest BCUT2D eigenvalue weighted by atomic mass is 10.3. The van der Waals surface area contributed by atoms with E-state index in [9.17, 15) is 0 Å². The van der Waals surface area contributed by atoms with Gasteiger partial charge in [-0.1, -0.05) is 0 Å². The summed E-state index contributed by atoms with van der Waals surface area (Å²) in [5.74, 6) is 2.13. The highest BCUT2D eigenvalue weighted by Crippen LogP contribution is 2.39. The molecular weight excluding hydrogens is 294 g/mol. The van der Waals surface area contributed by atoms with Crippen molar-refractivity contribution < 1.29 is 4.74 Å². The quantitative estimate of drug-likeness (QED) is 0.724. The van der Waals surface area contributed by atoms with Crippen molar-refractivity contribution in [1.82, 2.24) is 29.9 Å². The Morgan fingerprint density at radius 2 is 2.26 bits per heavy atom. The van der Waals surface area contributed by atoms with Gasteiger partial charge in [0.25, 0.3) is 0 Å². The van der Waals surface area contributed by atoms with Crippen LogP contribution in [0.4, 0.5) is 11.5 Å². The van der Waals surface area contributed by atoms with Crippen LogP contribution < -0.4 is 5.32 Å². The standard InChI is InChI=1S/C15H19N7O/c1-9-12(8-22(21-9)5-6-23-2)18-15-13-11(7-16-20-13)17-14(19-15)10-3-4-10/h7-8,10H,3-6H2,1-2H3,(H,16,20)(H,17,18,19). The van der Waals surface area contributed by atoms with Crippen molar-refractivity contribution in [2.24, 2.45) is 0 Å². The Balaban J connectivity index is 1.66. The Morgan fingerprint density at radius 1 is 1.39 bits per heavy atom. The highest BCUT2D eigenvalue weighted by molar-refractivity contribution is 5.86. The topological polar surface area (TPSA) is 93.5 Å². The van der Waals surface area contributed by atoms with Crippen LogP contribution in [-0.4, -0.2) is 43.7 Å². The number of aryl methyl sites for hydroxylation is 1. The molecule has 3 aromatic heterocycles. The predicted molar refractivity (Wildman–Crippen MR) is 85.8 cm³/mol. The van der Waals surface area contributed by atoms with Gasteiger partial charge in [0.1, 0.15) is 16.9 Å². The number of aromatic nitrogens is 6. The van der Waals surface area contributed by atoms with Gasteiger partial charge in [0.15, 0.2) is 5.82 Å². The van der Waals surface area contributed by atoms with Gasteiger partial charge >= 0.3 is 0 Å². The van der Waals surface area contributed by atoms with Crippen molar-refractivity contribution in [3.63, 3.8) is 0 Å². The molecule has 0 radical (unpaired) electrons. The van der Waals surface area contributed by atoms with E-state index in [-0.39, 0.29) is 0 Å². The fourth-order valence-electron chi connectivity index (χ4n) is 2.54. The van der Waals surface area contributed by atoms with Gasteiger partial charge < -0.3 is 10.1 Å². The van der Waals surface area contributed by atoms with E-state index >= 15 is 0 Å². The molecular formula is C15H19N7O. The predicted octanol–water partition coefficient (Wildman–Crippen LogP) is 2.13. The van der Waals surface area contributed by atoms with Gasteiger partial charge in [-0.2, -0.15) is 10.2 Å². The number of hydrogen-bond acceptors (Lipinski definition) is 6. The molecule has 0 bridgehead atoms. The summed E-state index contributed by atoms with van der Waals surface area (Å²) in [5.41, 5.74) is 3.50. The zero-order valence-corrected chi connectivity index (χ0v) is 13.2. The van der Waals surface area contributed by atoms with Crippen LogP contribution in [0.1, 0.15) is 30.3 Å². The van der Waals surface area contributed by atoms with Crippen LogP contribution in [0.15, 0.2) is 12.4 Å². The van der Waals surface area contributed by atoms with Crippen LogP contribution in [-0.2, 0) is 11.3 Å². The molecule has 8 heteroatoms. The van der Waals surface area contributed by atoms with E-state index in [1.54, 1.807) is 13.3 Å². The van der Waals surface area contributed by atoms with Crippen LogP contribution >= 0.6 is 0 Å². The Bertz CT molecular complexity index is 834. The second-order valence-electron chi connectivity index (χ2n) is 5.84. The molecule has 1 aliphatic rings. The molecule has 120 valence electrons. The highest BCUT2D eigenvalue weighted by Gasteiger charge is 2.28. The van der Waals surface area contributed by atoms with Crippen molar-refractivity contribution in [3.8, 4) is 0 Å². The van der Waals surface area contributed by atoms with E-state index in [1.165, 1.54) is 0 Å². The number of ether oxygens (including phenoxy) is 1. The molecule has 1 fully saturated rings. The van der Waals surface area contributed by atoms with Crippen LogP contribution in [0.2, 0.25) is 0 Å². The van der Waals surface area contributed by atoms with Gasteiger partial charge in [0, 0.05) is 19.2 Å². The number of fused-ring (bicyclic) bond motifs is 1. The fraction of sp³-hybridized carbons (Fsp3) is 0.467. The first-order valence-corrected chi connectivity index (χ1v) is 7.75. The second-order valence-corrected chi connectivity index (χ2v) is 5.84. The fourth-order valence-corrected chi connectivity index (χ4v) is 2.54. The van der Waals surface area contributed by atoms with Crippen LogP contribution in [0.3, 0.4) is 0 Å². The third-order valence-corrected chi connectivity index (χ3v) is 3.98. The lowest BCUT2D eigenvalue weighted by Gasteiger charge is -2.07. The average molecular weight is 313 g/mol. The number of methoxy groups -OCH3 is 1. The van der Waals surface area contributed by atoms with Gasteiger partial charge in [-0.15, -0.1) is 0 Å². The number of hydrogen-bond donors (Lipinski definition) is 2. The van der Waals surface area contributed by atoms with E-state index < -0.39 is 0 Å². The zero-order valence-electron chi connectivity index (χ0n) is 13.2. The molecule has 0 unspecified atom stereocenters. The summed E-state index contributed by atoms with van der Waals surface area (Å²) < 4.78 is 6.96. The Labute approximate surface area is 133 Å². The maximum absolute atomic E-state index is 5.09. The molecule has 0 atom stereocenters. The van der Waals surface area contributed by atoms with Gasteiger partial charge in [-0.25, -0.2) is 9.97 Å². The monoisotopic (exact) mass is 313 g/mol. The maximum Gasteiger partial charge on any atom is 0.160 e. The Kier molecular flexibility index (Phi) is 3.45. The molecule has 0 saturated heterocycles. The molecule has 1 saturated carbocycles. The largest absolute Gasteiger partial charge is 0.383 e. The molecule has 2 N–H and O–H groups in total. The molecule has 3 heterocycles. The molecule has 1 aliphatic carbocycles. The minimum atomic E-state index is 0.486. The van der Waals surface area contributed by atoms with Crippen LogP contribution in [0.25, 0.3) is 11.0 Å². The first-order valence-electron chi connectivity index (χ1n) is 7.75. The highest BCUT2D eigenvalue weighted by atomic mass is 16.5. The number of nitrogens with one attached hydrogen (secondary N) is 2. The number of rotatable bonds is 6. The summed E-state index contributed by atoms with van der Waals surface area (Å²) in [7, 11) is 1.69. The molecule has 8 nitrogen and oxygen atoms in total. The van der Waals surface area contributed by atoms with Crippen molar-refractivity contribution in [3.05, 3.63) is 23.9 Å². The normalized spacial score (nSPS) is 14.5. The Hall–Kier alpha value is -2.48. The van der Waals surface area contributed by atoms with E-state index in [2.05, 4.69) is 30.6 Å². The third-order valence-electron chi connectivity index (χ3n) is 3.98. The van der Waals surface area contributed by atoms with E-state index in [0.717, 1.165) is 53.4 Å². The van der Waals surface area contributed by atoms with E-state index in [4.69, 9.17) is 4.74 Å². The van der Waals surface area contributed by atoms with E-state index in [1.807, 2.05) is 17.8 Å². The minimum absolute atomic E-state index is 0.486. The Morgan fingerprint density at radius 3 is 3.04 bits per heavy atom. The number of nitrogens with zero attached hydrogens (tertiary/aromatic N) is 5. The van der Waals surface area contributed by atoms with Crippen molar-refractivity contribution >= 4 is 22.5 Å². The average Bonchev–Trinajstić information content (AvgIpc) is 3.19. The lowest BCUT2D eigenvalue weighted by molar-refractivity contribution is 0.183. The number of H-pyrrole nitrogens is 1. The molecule has 0 aliphatic heterocycles. The first-order chi connectivity index (χ1) is 11.2. The zero-order chi connectivity index (χ0) is 15.8. The first kappa shape index (κ1) is 14.1. The molecule has 0 aromatic carbocycles. The van der Waals surface area contributed by atoms with Crippen LogP contribution in [0.5, 0.6) is 0 Å². The van der Waals surface area contributed by atoms with Gasteiger partial charge in [0.05, 0.1) is 30.7 Å². The summed E-state index contributed by atoms with van der Waals surface area (Å²) in [6, 6.07) is 0. The molecule has 0 spiro atoms. The molecule has 3 aromatic rings. The summed E-state index contributed by atoms with van der Waals surface area (Å²) >= 11 is 0. The number of anilines is 2. The summed E-state index contributed by atoms with van der Waals surface area (Å²) in [6.45, 7) is 3.32. The van der Waals surface area contributed by atoms with Crippen molar-refractivity contribution in [2.75, 3.05) is 19.0 Å². The minimum Gasteiger partial charge on any atom is -0.383 e. The summed E-state index contributed by atoms with van der Waals surface area (Å²) in [6.07, 6.45) is 6.03.